The lowest BCUT2D eigenvalue weighted by atomic mass is 9.83. The van der Waals surface area contributed by atoms with Gasteiger partial charge in [0.2, 0.25) is 10.0 Å². The number of nitrogens with one attached hydrogen (secondary N) is 1. The fourth-order valence-electron chi connectivity index (χ4n) is 2.25. The molecule has 4 nitrogen and oxygen atoms in total. The Morgan fingerprint density at radius 3 is 2.53 bits per heavy atom. The SMILES string of the molecule is Cc1ccccc1S(=O)(=O)NCC1(C)CCOCC1. The van der Waals surface area contributed by atoms with E-state index in [1.807, 2.05) is 19.1 Å². The standard InChI is InChI=1S/C14H21NO3S/c1-12-5-3-4-6-13(12)19(16,17)15-11-14(2)7-9-18-10-8-14/h3-6,15H,7-11H2,1-2H3. The predicted octanol–water partition coefficient (Wildman–Crippen LogP) is 2.09. The highest BCUT2D eigenvalue weighted by atomic mass is 32.2. The van der Waals surface area contributed by atoms with Gasteiger partial charge in [0.05, 0.1) is 4.90 Å². The van der Waals surface area contributed by atoms with Gasteiger partial charge in [0.1, 0.15) is 0 Å². The molecule has 0 unspecified atom stereocenters. The van der Waals surface area contributed by atoms with E-state index in [1.165, 1.54) is 0 Å². The first-order valence-electron chi connectivity index (χ1n) is 6.56. The predicted molar refractivity (Wildman–Crippen MR) is 74.5 cm³/mol. The summed E-state index contributed by atoms with van der Waals surface area (Å²) in [6.07, 6.45) is 1.78. The minimum absolute atomic E-state index is 0.00595. The Hall–Kier alpha value is -0.910. The molecule has 1 saturated heterocycles. The molecule has 1 aromatic rings. The second-order valence-electron chi connectivity index (χ2n) is 5.51. The molecule has 1 aliphatic heterocycles. The van der Waals surface area contributed by atoms with E-state index in [2.05, 4.69) is 11.6 Å². The van der Waals surface area contributed by atoms with Crippen molar-refractivity contribution < 1.29 is 13.2 Å². The topological polar surface area (TPSA) is 55.4 Å². The Morgan fingerprint density at radius 1 is 1.26 bits per heavy atom. The number of hydrogen-bond donors (Lipinski definition) is 1. The minimum atomic E-state index is -3.42. The van der Waals surface area contributed by atoms with Crippen LogP contribution < -0.4 is 4.72 Å². The van der Waals surface area contributed by atoms with Crippen molar-refractivity contribution in [2.45, 2.75) is 31.6 Å². The van der Waals surface area contributed by atoms with Gasteiger partial charge in [-0.2, -0.15) is 0 Å². The maximum Gasteiger partial charge on any atom is 0.240 e. The molecule has 2 rings (SSSR count). The molecule has 1 aliphatic rings. The highest BCUT2D eigenvalue weighted by Crippen LogP contribution is 2.29. The van der Waals surface area contributed by atoms with Crippen LogP contribution in [0.2, 0.25) is 0 Å². The van der Waals surface area contributed by atoms with Gasteiger partial charge in [0.15, 0.2) is 0 Å². The highest BCUT2D eigenvalue weighted by Gasteiger charge is 2.29. The Balaban J connectivity index is 2.08. The van der Waals surface area contributed by atoms with Gasteiger partial charge < -0.3 is 4.74 Å². The van der Waals surface area contributed by atoms with Gasteiger partial charge >= 0.3 is 0 Å². The molecule has 19 heavy (non-hydrogen) atoms. The summed E-state index contributed by atoms with van der Waals surface area (Å²) in [5.41, 5.74) is 0.765. The number of sulfonamides is 1. The van der Waals surface area contributed by atoms with E-state index in [4.69, 9.17) is 4.74 Å². The van der Waals surface area contributed by atoms with Gasteiger partial charge in [-0.25, -0.2) is 13.1 Å². The molecule has 0 aromatic heterocycles. The fourth-order valence-corrected chi connectivity index (χ4v) is 3.69. The summed E-state index contributed by atoms with van der Waals surface area (Å²) in [4.78, 5) is 0.366. The van der Waals surface area contributed by atoms with Crippen molar-refractivity contribution in [2.75, 3.05) is 19.8 Å². The summed E-state index contributed by atoms with van der Waals surface area (Å²) in [5, 5.41) is 0. The Morgan fingerprint density at radius 2 is 1.89 bits per heavy atom. The van der Waals surface area contributed by atoms with Crippen LogP contribution in [0.1, 0.15) is 25.3 Å². The van der Waals surface area contributed by atoms with Crippen LogP contribution >= 0.6 is 0 Å². The summed E-state index contributed by atoms with van der Waals surface area (Å²) in [5.74, 6) is 0. The normalized spacial score (nSPS) is 19.3. The summed E-state index contributed by atoms with van der Waals surface area (Å²) in [7, 11) is -3.42. The smallest absolute Gasteiger partial charge is 0.240 e. The summed E-state index contributed by atoms with van der Waals surface area (Å²) >= 11 is 0. The van der Waals surface area contributed by atoms with E-state index in [0.29, 0.717) is 24.7 Å². The zero-order valence-corrected chi connectivity index (χ0v) is 12.3. The zero-order valence-electron chi connectivity index (χ0n) is 11.5. The van der Waals surface area contributed by atoms with Crippen LogP contribution in [0.15, 0.2) is 29.2 Å². The van der Waals surface area contributed by atoms with Gasteiger partial charge in [-0.3, -0.25) is 0 Å². The van der Waals surface area contributed by atoms with Crippen LogP contribution in [0, 0.1) is 12.3 Å². The molecule has 0 aliphatic carbocycles. The van der Waals surface area contributed by atoms with Crippen molar-refractivity contribution in [2.24, 2.45) is 5.41 Å². The second kappa shape index (κ2) is 5.61. The van der Waals surface area contributed by atoms with E-state index < -0.39 is 10.0 Å². The molecule has 1 fully saturated rings. The van der Waals surface area contributed by atoms with Gasteiger partial charge in [-0.1, -0.05) is 25.1 Å². The third-order valence-electron chi connectivity index (χ3n) is 3.77. The molecule has 5 heteroatoms. The maximum atomic E-state index is 12.3. The number of rotatable bonds is 4. The van der Waals surface area contributed by atoms with Crippen LogP contribution in [0.25, 0.3) is 0 Å². The fraction of sp³-hybridized carbons (Fsp3) is 0.571. The highest BCUT2D eigenvalue weighted by molar-refractivity contribution is 7.89. The van der Waals surface area contributed by atoms with Gasteiger partial charge in [0, 0.05) is 19.8 Å². The molecule has 1 aromatic carbocycles. The molecule has 0 atom stereocenters. The van der Waals surface area contributed by atoms with Crippen LogP contribution in [-0.2, 0) is 14.8 Å². The Kier molecular flexibility index (Phi) is 4.28. The Bertz CT molecular complexity index is 533. The lowest BCUT2D eigenvalue weighted by Crippen LogP contribution is -2.39. The summed E-state index contributed by atoms with van der Waals surface area (Å²) in [6.45, 7) is 5.80. The van der Waals surface area contributed by atoms with E-state index in [1.54, 1.807) is 12.1 Å². The number of benzene rings is 1. The largest absolute Gasteiger partial charge is 0.381 e. The van der Waals surface area contributed by atoms with Crippen LogP contribution in [0.3, 0.4) is 0 Å². The van der Waals surface area contributed by atoms with Gasteiger partial charge in [0.25, 0.3) is 0 Å². The molecule has 1 N–H and O–H groups in total. The van der Waals surface area contributed by atoms with E-state index in [-0.39, 0.29) is 5.41 Å². The molecule has 0 saturated carbocycles. The van der Waals surface area contributed by atoms with Crippen molar-refractivity contribution in [1.29, 1.82) is 0 Å². The number of hydrogen-bond acceptors (Lipinski definition) is 3. The minimum Gasteiger partial charge on any atom is -0.381 e. The van der Waals surface area contributed by atoms with Crippen LogP contribution in [0.5, 0.6) is 0 Å². The van der Waals surface area contributed by atoms with Crippen molar-refractivity contribution >= 4 is 10.0 Å². The molecule has 0 spiro atoms. The first-order valence-corrected chi connectivity index (χ1v) is 8.04. The molecular formula is C14H21NO3S. The number of ether oxygens (including phenoxy) is 1. The zero-order chi connectivity index (χ0) is 13.9. The maximum absolute atomic E-state index is 12.3. The van der Waals surface area contributed by atoms with Gasteiger partial charge in [-0.15, -0.1) is 0 Å². The summed E-state index contributed by atoms with van der Waals surface area (Å²) < 4.78 is 32.7. The average Bonchev–Trinajstić information content (AvgIpc) is 2.38. The van der Waals surface area contributed by atoms with Crippen LogP contribution in [0.4, 0.5) is 0 Å². The first-order chi connectivity index (χ1) is 8.93. The molecule has 0 radical (unpaired) electrons. The van der Waals surface area contributed by atoms with Crippen molar-refractivity contribution in [3.63, 3.8) is 0 Å². The average molecular weight is 283 g/mol. The van der Waals surface area contributed by atoms with E-state index in [0.717, 1.165) is 18.4 Å². The monoisotopic (exact) mass is 283 g/mol. The lowest BCUT2D eigenvalue weighted by Gasteiger charge is -2.33. The molecule has 106 valence electrons. The third kappa shape index (κ3) is 3.55. The van der Waals surface area contributed by atoms with Crippen LogP contribution in [-0.4, -0.2) is 28.2 Å². The van der Waals surface area contributed by atoms with E-state index >= 15 is 0 Å². The lowest BCUT2D eigenvalue weighted by molar-refractivity contribution is 0.0264. The van der Waals surface area contributed by atoms with E-state index in [9.17, 15) is 8.42 Å². The van der Waals surface area contributed by atoms with Crippen molar-refractivity contribution in [3.05, 3.63) is 29.8 Å². The Labute approximate surface area is 115 Å². The second-order valence-corrected chi connectivity index (χ2v) is 7.25. The molecule has 0 amide bonds. The van der Waals surface area contributed by atoms with Gasteiger partial charge in [-0.05, 0) is 36.8 Å². The first kappa shape index (κ1) is 14.5. The molecule has 0 bridgehead atoms. The summed E-state index contributed by atoms with van der Waals surface area (Å²) in [6, 6.07) is 7.04. The van der Waals surface area contributed by atoms with Crippen molar-refractivity contribution in [1.82, 2.24) is 4.72 Å². The molecular weight excluding hydrogens is 262 g/mol. The third-order valence-corrected chi connectivity index (χ3v) is 5.33. The number of aryl methyl sites for hydroxylation is 1. The van der Waals surface area contributed by atoms with Crippen molar-refractivity contribution in [3.8, 4) is 0 Å². The molecule has 1 heterocycles. The quantitative estimate of drug-likeness (QED) is 0.920.